The molecule has 0 aromatic heterocycles. The van der Waals surface area contributed by atoms with E-state index in [1.54, 1.807) is 20.8 Å². The van der Waals surface area contributed by atoms with Crippen LogP contribution in [0.1, 0.15) is 46.5 Å². The van der Waals surface area contributed by atoms with Crippen molar-refractivity contribution in [3.05, 3.63) is 0 Å². The molecule has 2 saturated heterocycles. The number of hydrogen-bond acceptors (Lipinski definition) is 8. The van der Waals surface area contributed by atoms with Crippen LogP contribution in [-0.4, -0.2) is 68.3 Å². The highest BCUT2D eigenvalue weighted by Crippen LogP contribution is 2.40. The number of esters is 2. The Morgan fingerprint density at radius 2 is 1.89 bits per heavy atom. The third-order valence-corrected chi connectivity index (χ3v) is 4.56. The first-order valence-corrected chi connectivity index (χ1v) is 9.05. The van der Waals surface area contributed by atoms with E-state index < -0.39 is 35.3 Å². The fraction of sp³-hybridized carbons (Fsp3) is 0.833. The Kier molecular flexibility index (Phi) is 6.69. The van der Waals surface area contributed by atoms with Crippen LogP contribution in [0.3, 0.4) is 0 Å². The van der Waals surface area contributed by atoms with Crippen molar-refractivity contribution in [1.82, 2.24) is 5.32 Å². The number of fused-ring (bicyclic) bond motifs is 1. The third kappa shape index (κ3) is 5.32. The van der Waals surface area contributed by atoms with Gasteiger partial charge in [-0.1, -0.05) is 0 Å². The Bertz CT molecular complexity index is 556. The Morgan fingerprint density at radius 3 is 2.44 bits per heavy atom. The maximum Gasteiger partial charge on any atom is 0.408 e. The van der Waals surface area contributed by atoms with Crippen molar-refractivity contribution in [2.75, 3.05) is 20.8 Å². The summed E-state index contributed by atoms with van der Waals surface area (Å²) in [5.41, 5.74) is -2.14. The molecule has 2 rings (SSSR count). The van der Waals surface area contributed by atoms with E-state index >= 15 is 0 Å². The number of carbonyl (C=O) groups is 3. The van der Waals surface area contributed by atoms with E-state index in [-0.39, 0.29) is 25.0 Å². The maximum atomic E-state index is 12.5. The first-order valence-electron chi connectivity index (χ1n) is 9.05. The van der Waals surface area contributed by atoms with Gasteiger partial charge in [0.1, 0.15) is 11.6 Å². The van der Waals surface area contributed by atoms with E-state index in [1.807, 2.05) is 0 Å². The number of methoxy groups -OCH3 is 2. The highest BCUT2D eigenvalue weighted by molar-refractivity contribution is 5.85. The number of amides is 1. The molecule has 2 fully saturated rings. The molecule has 1 amide bonds. The zero-order chi connectivity index (χ0) is 20.2. The second-order valence-electron chi connectivity index (χ2n) is 7.82. The second kappa shape index (κ2) is 8.43. The highest BCUT2D eigenvalue weighted by atomic mass is 16.6. The molecule has 27 heavy (non-hydrogen) atoms. The van der Waals surface area contributed by atoms with Crippen LogP contribution in [-0.2, 0) is 33.3 Å². The van der Waals surface area contributed by atoms with Crippen LogP contribution in [0, 0.1) is 0 Å². The van der Waals surface area contributed by atoms with Gasteiger partial charge in [-0.05, 0) is 33.6 Å². The molecule has 0 unspecified atom stereocenters. The topological polar surface area (TPSA) is 109 Å². The van der Waals surface area contributed by atoms with E-state index in [9.17, 15) is 14.4 Å². The van der Waals surface area contributed by atoms with Crippen LogP contribution >= 0.6 is 0 Å². The Morgan fingerprint density at radius 1 is 1.19 bits per heavy atom. The minimum atomic E-state index is -1.40. The van der Waals surface area contributed by atoms with Crippen LogP contribution in [0.15, 0.2) is 0 Å². The molecule has 9 heteroatoms. The SMILES string of the molecule is COC(=O)[C@H](C[C@]1(C(=O)OC)C[C@H]2OCCC[C@H]2O1)NC(=O)OC(C)(C)C. The average Bonchev–Trinajstić information content (AvgIpc) is 2.97. The predicted molar refractivity (Wildman–Crippen MR) is 93.0 cm³/mol. The Labute approximate surface area is 159 Å². The van der Waals surface area contributed by atoms with Crippen molar-refractivity contribution in [1.29, 1.82) is 0 Å². The normalized spacial score (nSPS) is 28.6. The van der Waals surface area contributed by atoms with Gasteiger partial charge in [0.25, 0.3) is 0 Å². The molecule has 154 valence electrons. The Hall–Kier alpha value is -1.87. The van der Waals surface area contributed by atoms with Gasteiger partial charge in [0.05, 0.1) is 26.4 Å². The van der Waals surface area contributed by atoms with Gasteiger partial charge in [-0.3, -0.25) is 0 Å². The molecular weight excluding hydrogens is 358 g/mol. The summed E-state index contributed by atoms with van der Waals surface area (Å²) < 4.78 is 26.6. The number of hydrogen-bond donors (Lipinski definition) is 1. The summed E-state index contributed by atoms with van der Waals surface area (Å²) in [5.74, 6) is -1.32. The van der Waals surface area contributed by atoms with Gasteiger partial charge in [0.2, 0.25) is 0 Å². The standard InChI is InChI=1S/C18H29NO8/c1-17(2,3)27-16(22)19-11(14(20)23-4)9-18(15(21)24-5)10-13-12(26-18)7-6-8-25-13/h11-13H,6-10H2,1-5H3,(H,19,22)/t11-,12+,13+,18+/m0/s1. The van der Waals surface area contributed by atoms with E-state index in [0.29, 0.717) is 6.61 Å². The Balaban J connectivity index is 2.19. The van der Waals surface area contributed by atoms with Gasteiger partial charge in [0, 0.05) is 19.4 Å². The van der Waals surface area contributed by atoms with Crippen molar-refractivity contribution < 1.29 is 38.1 Å². The number of ether oxygens (including phenoxy) is 5. The van der Waals surface area contributed by atoms with Gasteiger partial charge >= 0.3 is 18.0 Å². The summed E-state index contributed by atoms with van der Waals surface area (Å²) in [6.07, 6.45) is 0.399. The molecule has 9 nitrogen and oxygen atoms in total. The van der Waals surface area contributed by atoms with Crippen molar-refractivity contribution in [2.24, 2.45) is 0 Å². The molecule has 2 aliphatic rings. The van der Waals surface area contributed by atoms with Crippen LogP contribution < -0.4 is 5.32 Å². The van der Waals surface area contributed by atoms with E-state index in [1.165, 1.54) is 14.2 Å². The van der Waals surface area contributed by atoms with Gasteiger partial charge in [0.15, 0.2) is 5.60 Å². The summed E-state index contributed by atoms with van der Waals surface area (Å²) in [7, 11) is 2.46. The zero-order valence-electron chi connectivity index (χ0n) is 16.5. The maximum absolute atomic E-state index is 12.5. The van der Waals surface area contributed by atoms with Crippen LogP contribution in [0.25, 0.3) is 0 Å². The van der Waals surface area contributed by atoms with E-state index in [2.05, 4.69) is 5.32 Å². The lowest BCUT2D eigenvalue weighted by Crippen LogP contribution is -2.51. The summed E-state index contributed by atoms with van der Waals surface area (Å²) in [5, 5.41) is 2.47. The summed E-state index contributed by atoms with van der Waals surface area (Å²) >= 11 is 0. The molecule has 0 saturated carbocycles. The monoisotopic (exact) mass is 387 g/mol. The molecular formula is C18H29NO8. The molecule has 0 aromatic rings. The first-order chi connectivity index (χ1) is 12.6. The lowest BCUT2D eigenvalue weighted by atomic mass is 9.89. The molecule has 0 spiro atoms. The minimum Gasteiger partial charge on any atom is -0.467 e. The summed E-state index contributed by atoms with van der Waals surface area (Å²) in [6, 6.07) is -1.14. The van der Waals surface area contributed by atoms with Gasteiger partial charge in [-0.15, -0.1) is 0 Å². The number of carbonyl (C=O) groups excluding carboxylic acids is 3. The summed E-state index contributed by atoms with van der Waals surface area (Å²) in [4.78, 5) is 36.9. The van der Waals surface area contributed by atoms with Crippen LogP contribution in [0.4, 0.5) is 4.79 Å². The predicted octanol–water partition coefficient (Wildman–Crippen LogP) is 1.32. The van der Waals surface area contributed by atoms with E-state index in [0.717, 1.165) is 12.8 Å². The largest absolute Gasteiger partial charge is 0.467 e. The van der Waals surface area contributed by atoms with Gasteiger partial charge in [-0.2, -0.15) is 0 Å². The van der Waals surface area contributed by atoms with Crippen molar-refractivity contribution >= 4 is 18.0 Å². The fourth-order valence-corrected chi connectivity index (χ4v) is 3.45. The van der Waals surface area contributed by atoms with Gasteiger partial charge < -0.3 is 29.0 Å². The van der Waals surface area contributed by atoms with Crippen LogP contribution in [0.5, 0.6) is 0 Å². The van der Waals surface area contributed by atoms with E-state index in [4.69, 9.17) is 23.7 Å². The molecule has 0 bridgehead atoms. The average molecular weight is 387 g/mol. The van der Waals surface area contributed by atoms with Crippen LogP contribution in [0.2, 0.25) is 0 Å². The number of alkyl carbamates (subject to hydrolysis) is 1. The van der Waals surface area contributed by atoms with Gasteiger partial charge in [-0.25, -0.2) is 14.4 Å². The smallest absolute Gasteiger partial charge is 0.408 e. The molecule has 0 aliphatic carbocycles. The highest BCUT2D eigenvalue weighted by Gasteiger charge is 2.55. The molecule has 2 heterocycles. The molecule has 0 radical (unpaired) electrons. The molecule has 0 aromatic carbocycles. The molecule has 4 atom stereocenters. The van der Waals surface area contributed by atoms with Crippen molar-refractivity contribution in [2.45, 2.75) is 75.9 Å². The minimum absolute atomic E-state index is 0.137. The lowest BCUT2D eigenvalue weighted by molar-refractivity contribution is -0.172. The fourth-order valence-electron chi connectivity index (χ4n) is 3.45. The molecule has 2 aliphatic heterocycles. The van der Waals surface area contributed by atoms with Crippen molar-refractivity contribution in [3.63, 3.8) is 0 Å². The zero-order valence-corrected chi connectivity index (χ0v) is 16.5. The number of nitrogens with one attached hydrogen (secondary N) is 1. The number of rotatable bonds is 5. The second-order valence-corrected chi connectivity index (χ2v) is 7.82. The first kappa shape index (κ1) is 21.4. The summed E-state index contributed by atoms with van der Waals surface area (Å²) in [6.45, 7) is 5.71. The third-order valence-electron chi connectivity index (χ3n) is 4.56. The lowest BCUT2D eigenvalue weighted by Gasteiger charge is -2.30. The molecule has 1 N–H and O–H groups in total. The quantitative estimate of drug-likeness (QED) is 0.556. The van der Waals surface area contributed by atoms with Crippen molar-refractivity contribution in [3.8, 4) is 0 Å².